The summed E-state index contributed by atoms with van der Waals surface area (Å²) in [6.45, 7) is 7.65. The summed E-state index contributed by atoms with van der Waals surface area (Å²) in [5, 5.41) is 8.67. The van der Waals surface area contributed by atoms with Crippen LogP contribution in [-0.4, -0.2) is 77.6 Å². The number of aliphatic carboxylic acids is 1. The van der Waals surface area contributed by atoms with Crippen LogP contribution in [0.5, 0.6) is 0 Å². The van der Waals surface area contributed by atoms with Crippen LogP contribution in [-0.2, 0) is 4.79 Å². The first-order valence-corrected chi connectivity index (χ1v) is 7.41. The minimum atomic E-state index is -0.767. The summed E-state index contributed by atoms with van der Waals surface area (Å²) in [7, 11) is 1.86. The molecule has 0 aromatic rings. The minimum absolute atomic E-state index is 0.0869. The van der Waals surface area contributed by atoms with Gasteiger partial charge in [0.2, 0.25) is 0 Å². The third-order valence-electron chi connectivity index (χ3n) is 3.95. The quantitative estimate of drug-likeness (QED) is 0.799. The molecule has 6 heteroatoms. The molecule has 0 saturated carbocycles. The van der Waals surface area contributed by atoms with Crippen molar-refractivity contribution in [1.82, 2.24) is 14.7 Å². The molecule has 116 valence electrons. The summed E-state index contributed by atoms with van der Waals surface area (Å²) >= 11 is 0. The van der Waals surface area contributed by atoms with Crippen LogP contribution < -0.4 is 0 Å². The highest BCUT2D eigenvalue weighted by Gasteiger charge is 2.25. The van der Waals surface area contributed by atoms with Crippen LogP contribution in [0, 0.1) is 0 Å². The molecule has 1 rings (SSSR count). The number of rotatable bonds is 6. The fourth-order valence-corrected chi connectivity index (χ4v) is 2.44. The van der Waals surface area contributed by atoms with Crippen molar-refractivity contribution in [3.8, 4) is 0 Å². The molecule has 0 radical (unpaired) electrons. The average molecular weight is 285 g/mol. The number of hydrogen-bond acceptors (Lipinski definition) is 3. The second kappa shape index (κ2) is 8.09. The Morgan fingerprint density at radius 1 is 1.25 bits per heavy atom. The Bertz CT molecular complexity index is 328. The zero-order valence-corrected chi connectivity index (χ0v) is 12.8. The Kier molecular flexibility index (Phi) is 6.78. The highest BCUT2D eigenvalue weighted by Crippen LogP contribution is 2.10. The molecule has 2 amide bonds. The summed E-state index contributed by atoms with van der Waals surface area (Å²) in [4.78, 5) is 28.7. The van der Waals surface area contributed by atoms with E-state index in [2.05, 4.69) is 18.7 Å². The van der Waals surface area contributed by atoms with E-state index in [1.165, 1.54) is 0 Å². The molecule has 0 spiro atoms. The zero-order chi connectivity index (χ0) is 15.1. The summed E-state index contributed by atoms with van der Waals surface area (Å²) in [5.41, 5.74) is 0. The van der Waals surface area contributed by atoms with Crippen molar-refractivity contribution in [2.45, 2.75) is 39.2 Å². The van der Waals surface area contributed by atoms with Gasteiger partial charge in [0.1, 0.15) is 0 Å². The molecule has 0 aromatic heterocycles. The van der Waals surface area contributed by atoms with Crippen LogP contribution in [0.4, 0.5) is 4.79 Å². The van der Waals surface area contributed by atoms with Gasteiger partial charge in [0, 0.05) is 45.8 Å². The average Bonchev–Trinajstić information content (AvgIpc) is 2.44. The highest BCUT2D eigenvalue weighted by molar-refractivity contribution is 5.74. The van der Waals surface area contributed by atoms with E-state index in [0.29, 0.717) is 19.6 Å². The van der Waals surface area contributed by atoms with E-state index < -0.39 is 5.97 Å². The molecule has 0 aromatic carbocycles. The second-order valence-corrected chi connectivity index (χ2v) is 5.50. The van der Waals surface area contributed by atoms with E-state index in [4.69, 9.17) is 5.11 Å². The number of carbonyl (C=O) groups excluding carboxylic acids is 1. The van der Waals surface area contributed by atoms with E-state index in [9.17, 15) is 9.59 Å². The van der Waals surface area contributed by atoms with Gasteiger partial charge in [-0.15, -0.1) is 0 Å². The van der Waals surface area contributed by atoms with Crippen LogP contribution in [0.25, 0.3) is 0 Å². The molecule has 1 saturated heterocycles. The van der Waals surface area contributed by atoms with Gasteiger partial charge in [-0.1, -0.05) is 13.3 Å². The fraction of sp³-hybridized carbons (Fsp3) is 0.857. The van der Waals surface area contributed by atoms with Crippen LogP contribution in [0.2, 0.25) is 0 Å². The summed E-state index contributed by atoms with van der Waals surface area (Å²) in [6.07, 6.45) is 2.25. The molecule has 6 nitrogen and oxygen atoms in total. The summed E-state index contributed by atoms with van der Waals surface area (Å²) in [5.74, 6) is -0.767. The lowest BCUT2D eigenvalue weighted by Gasteiger charge is -2.38. The number of carboxylic acids is 1. The van der Waals surface area contributed by atoms with Gasteiger partial charge in [0.15, 0.2) is 0 Å². The first-order valence-electron chi connectivity index (χ1n) is 7.41. The Morgan fingerprint density at radius 2 is 1.85 bits per heavy atom. The van der Waals surface area contributed by atoms with E-state index >= 15 is 0 Å². The maximum atomic E-state index is 12.3. The Morgan fingerprint density at radius 3 is 2.35 bits per heavy atom. The molecular formula is C14H27N3O3. The van der Waals surface area contributed by atoms with E-state index in [-0.39, 0.29) is 18.5 Å². The third kappa shape index (κ3) is 5.00. The van der Waals surface area contributed by atoms with Gasteiger partial charge >= 0.3 is 12.0 Å². The first kappa shape index (κ1) is 16.8. The molecule has 1 fully saturated rings. The van der Waals surface area contributed by atoms with Gasteiger partial charge in [-0.25, -0.2) is 4.79 Å². The molecular weight excluding hydrogens is 258 g/mol. The van der Waals surface area contributed by atoms with Gasteiger partial charge in [-0.2, -0.15) is 0 Å². The van der Waals surface area contributed by atoms with Gasteiger partial charge in [0.05, 0.1) is 6.42 Å². The van der Waals surface area contributed by atoms with Gasteiger partial charge in [0.25, 0.3) is 0 Å². The van der Waals surface area contributed by atoms with Gasteiger partial charge in [-0.3, -0.25) is 9.69 Å². The molecule has 1 unspecified atom stereocenters. The van der Waals surface area contributed by atoms with Crippen LogP contribution in [0.15, 0.2) is 0 Å². The summed E-state index contributed by atoms with van der Waals surface area (Å²) in [6, 6.07) is 0.348. The Labute approximate surface area is 121 Å². The Hall–Kier alpha value is -1.30. The van der Waals surface area contributed by atoms with Crippen molar-refractivity contribution in [3.05, 3.63) is 0 Å². The number of piperazine rings is 1. The van der Waals surface area contributed by atoms with Crippen molar-refractivity contribution in [2.75, 3.05) is 39.8 Å². The monoisotopic (exact) mass is 285 g/mol. The first-order chi connectivity index (χ1) is 9.45. The van der Waals surface area contributed by atoms with Crippen LogP contribution in [0.3, 0.4) is 0 Å². The predicted molar refractivity (Wildman–Crippen MR) is 77.8 cm³/mol. The SMILES string of the molecule is CCCC(C)N(C)C(=O)N1CCN(CCC(=O)O)CC1. The molecule has 0 bridgehead atoms. The molecule has 1 heterocycles. The lowest BCUT2D eigenvalue weighted by molar-refractivity contribution is -0.137. The van der Waals surface area contributed by atoms with Gasteiger partial charge in [-0.05, 0) is 13.3 Å². The maximum Gasteiger partial charge on any atom is 0.320 e. The molecule has 0 aliphatic carbocycles. The molecule has 1 aliphatic rings. The van der Waals surface area contributed by atoms with E-state index in [1.54, 1.807) is 0 Å². The second-order valence-electron chi connectivity index (χ2n) is 5.50. The summed E-state index contributed by atoms with van der Waals surface area (Å²) < 4.78 is 0. The third-order valence-corrected chi connectivity index (χ3v) is 3.95. The van der Waals surface area contributed by atoms with Crippen molar-refractivity contribution in [1.29, 1.82) is 0 Å². The standard InChI is InChI=1S/C14H27N3O3/c1-4-5-12(2)15(3)14(20)17-10-8-16(9-11-17)7-6-13(18)19/h12H,4-11H2,1-3H3,(H,18,19). The zero-order valence-electron chi connectivity index (χ0n) is 12.8. The predicted octanol–water partition coefficient (Wildman–Crippen LogP) is 1.32. The fourth-order valence-electron chi connectivity index (χ4n) is 2.44. The van der Waals surface area contributed by atoms with Crippen molar-refractivity contribution < 1.29 is 14.7 Å². The molecule has 1 aliphatic heterocycles. The van der Waals surface area contributed by atoms with Crippen molar-refractivity contribution in [3.63, 3.8) is 0 Å². The highest BCUT2D eigenvalue weighted by atomic mass is 16.4. The van der Waals surface area contributed by atoms with Crippen LogP contribution >= 0.6 is 0 Å². The smallest absolute Gasteiger partial charge is 0.320 e. The molecule has 20 heavy (non-hydrogen) atoms. The maximum absolute atomic E-state index is 12.3. The topological polar surface area (TPSA) is 64.1 Å². The van der Waals surface area contributed by atoms with Gasteiger partial charge < -0.3 is 14.9 Å². The number of nitrogens with zero attached hydrogens (tertiary/aromatic N) is 3. The van der Waals surface area contributed by atoms with Crippen molar-refractivity contribution in [2.24, 2.45) is 0 Å². The lowest BCUT2D eigenvalue weighted by atomic mass is 10.2. The lowest BCUT2D eigenvalue weighted by Crippen LogP contribution is -2.53. The largest absolute Gasteiger partial charge is 0.481 e. The molecule has 1 atom stereocenters. The van der Waals surface area contributed by atoms with Crippen LogP contribution in [0.1, 0.15) is 33.1 Å². The molecule has 1 N–H and O–H groups in total. The van der Waals surface area contributed by atoms with E-state index in [0.717, 1.165) is 25.9 Å². The van der Waals surface area contributed by atoms with Crippen molar-refractivity contribution >= 4 is 12.0 Å². The van der Waals surface area contributed by atoms with E-state index in [1.807, 2.05) is 16.8 Å². The minimum Gasteiger partial charge on any atom is -0.481 e. The number of urea groups is 1. The number of amides is 2. The number of hydrogen-bond donors (Lipinski definition) is 1. The number of carbonyl (C=O) groups is 2. The normalized spacial score (nSPS) is 17.9. The Balaban J connectivity index is 2.36. The number of carboxylic acid groups (broad SMARTS) is 1.